The van der Waals surface area contributed by atoms with E-state index in [4.69, 9.17) is 5.26 Å². The molecule has 1 heterocycles. The molecule has 0 radical (unpaired) electrons. The Balaban J connectivity index is 2.03. The summed E-state index contributed by atoms with van der Waals surface area (Å²) in [5.74, 6) is 1.79. The van der Waals surface area contributed by atoms with Crippen molar-refractivity contribution < 1.29 is 0 Å². The lowest BCUT2D eigenvalue weighted by molar-refractivity contribution is 0.217. The number of fused-ring (bicyclic) bond motifs is 1. The smallest absolute Gasteiger partial charge is 0.0635 e. The van der Waals surface area contributed by atoms with E-state index in [9.17, 15) is 0 Å². The van der Waals surface area contributed by atoms with E-state index in [1.165, 1.54) is 16.2 Å². The van der Waals surface area contributed by atoms with Crippen molar-refractivity contribution in [3.05, 3.63) is 29.8 Å². The van der Waals surface area contributed by atoms with Gasteiger partial charge in [0, 0.05) is 42.1 Å². The highest BCUT2D eigenvalue weighted by Gasteiger charge is 2.25. The molecule has 0 amide bonds. The molecule has 2 rings (SSSR count). The van der Waals surface area contributed by atoms with Crippen molar-refractivity contribution in [3.63, 3.8) is 0 Å². The van der Waals surface area contributed by atoms with Crippen molar-refractivity contribution in [2.45, 2.75) is 37.1 Å². The maximum atomic E-state index is 8.73. The lowest BCUT2D eigenvalue weighted by Crippen LogP contribution is -2.35. The fourth-order valence-corrected chi connectivity index (χ4v) is 3.66. The molecule has 2 nitrogen and oxygen atoms in total. The molecule has 0 N–H and O–H groups in total. The van der Waals surface area contributed by atoms with E-state index in [2.05, 4.69) is 49.1 Å². The van der Waals surface area contributed by atoms with Crippen LogP contribution >= 0.6 is 11.8 Å². The highest BCUT2D eigenvalue weighted by atomic mass is 32.2. The van der Waals surface area contributed by atoms with Gasteiger partial charge in [-0.3, -0.25) is 4.90 Å². The molecule has 0 aromatic heterocycles. The Morgan fingerprint density at radius 2 is 2.22 bits per heavy atom. The third-order valence-electron chi connectivity index (χ3n) is 3.49. The Bertz CT molecular complexity index is 436. The number of rotatable bonds is 5. The maximum Gasteiger partial charge on any atom is 0.0635 e. The second-order valence-corrected chi connectivity index (χ2v) is 6.10. The van der Waals surface area contributed by atoms with Crippen LogP contribution in [0, 0.1) is 11.3 Å². The van der Waals surface area contributed by atoms with E-state index in [0.29, 0.717) is 18.4 Å². The molecule has 96 valence electrons. The summed E-state index contributed by atoms with van der Waals surface area (Å²) in [7, 11) is 0. The predicted octanol–water partition coefficient (Wildman–Crippen LogP) is 3.50. The van der Waals surface area contributed by atoms with E-state index in [1.54, 1.807) is 0 Å². The first-order chi connectivity index (χ1) is 8.72. The minimum absolute atomic E-state index is 0.510. The van der Waals surface area contributed by atoms with Gasteiger partial charge in [0.05, 0.1) is 6.07 Å². The third-order valence-corrected chi connectivity index (χ3v) is 4.75. The van der Waals surface area contributed by atoms with Crippen molar-refractivity contribution in [1.29, 1.82) is 5.26 Å². The second-order valence-electron chi connectivity index (χ2n) is 5.04. The molecule has 0 spiro atoms. The zero-order valence-corrected chi connectivity index (χ0v) is 11.9. The van der Waals surface area contributed by atoms with Crippen LogP contribution in [0.3, 0.4) is 0 Å². The molecule has 0 saturated heterocycles. The highest BCUT2D eigenvalue weighted by Crippen LogP contribution is 2.39. The summed E-state index contributed by atoms with van der Waals surface area (Å²) in [4.78, 5) is 3.86. The van der Waals surface area contributed by atoms with Gasteiger partial charge in [0.1, 0.15) is 0 Å². The Labute approximate surface area is 114 Å². The van der Waals surface area contributed by atoms with E-state index >= 15 is 0 Å². The number of thioether (sulfide) groups is 1. The Kier molecular flexibility index (Phi) is 4.68. The minimum Gasteiger partial charge on any atom is -0.299 e. The molecule has 0 bridgehead atoms. The van der Waals surface area contributed by atoms with Crippen molar-refractivity contribution in [3.8, 4) is 6.07 Å². The Hall–Kier alpha value is -0.980. The van der Waals surface area contributed by atoms with Crippen LogP contribution in [-0.2, 0) is 0 Å². The van der Waals surface area contributed by atoms with Crippen LogP contribution in [0.1, 0.15) is 31.7 Å². The van der Waals surface area contributed by atoms with Gasteiger partial charge in [-0.1, -0.05) is 18.2 Å². The molecular formula is C15H20N2S. The van der Waals surface area contributed by atoms with Crippen LogP contribution in [0.2, 0.25) is 0 Å². The predicted molar refractivity (Wildman–Crippen MR) is 76.8 cm³/mol. The first-order valence-corrected chi connectivity index (χ1v) is 7.53. The average molecular weight is 260 g/mol. The molecule has 3 heteroatoms. The van der Waals surface area contributed by atoms with Crippen molar-refractivity contribution in [2.75, 3.05) is 18.8 Å². The van der Waals surface area contributed by atoms with Gasteiger partial charge in [0.2, 0.25) is 0 Å². The third kappa shape index (κ3) is 3.07. The van der Waals surface area contributed by atoms with Gasteiger partial charge < -0.3 is 0 Å². The van der Waals surface area contributed by atoms with Gasteiger partial charge in [-0.15, -0.1) is 11.8 Å². The maximum absolute atomic E-state index is 8.73. The lowest BCUT2D eigenvalue weighted by Gasteiger charge is -2.28. The van der Waals surface area contributed by atoms with Crippen LogP contribution in [0.5, 0.6) is 0 Å². The van der Waals surface area contributed by atoms with E-state index in [0.717, 1.165) is 13.1 Å². The van der Waals surface area contributed by atoms with Crippen LogP contribution in [-0.4, -0.2) is 29.8 Å². The highest BCUT2D eigenvalue weighted by molar-refractivity contribution is 7.99. The standard InChI is InChI=1S/C15H20N2S/c1-12(2)17(9-5-8-16)10-13-11-18-15-7-4-3-6-14(13)15/h3-4,6-7,12-13H,5,9-11H2,1-2H3. The second kappa shape index (κ2) is 6.26. The summed E-state index contributed by atoms with van der Waals surface area (Å²) < 4.78 is 0. The summed E-state index contributed by atoms with van der Waals surface area (Å²) in [6.45, 7) is 6.39. The summed E-state index contributed by atoms with van der Waals surface area (Å²) in [5, 5.41) is 8.73. The Morgan fingerprint density at radius 3 is 2.94 bits per heavy atom. The molecule has 0 aliphatic carbocycles. The molecule has 1 atom stereocenters. The SMILES string of the molecule is CC(C)N(CCC#N)CC1CSc2ccccc21. The molecule has 1 aromatic rings. The number of benzene rings is 1. The summed E-state index contributed by atoms with van der Waals surface area (Å²) in [5.41, 5.74) is 1.49. The summed E-state index contributed by atoms with van der Waals surface area (Å²) >= 11 is 1.96. The molecule has 0 fully saturated rings. The molecule has 0 saturated carbocycles. The fourth-order valence-electron chi connectivity index (χ4n) is 2.42. The molecular weight excluding hydrogens is 240 g/mol. The van der Waals surface area contributed by atoms with Gasteiger partial charge in [-0.25, -0.2) is 0 Å². The number of hydrogen-bond donors (Lipinski definition) is 0. The van der Waals surface area contributed by atoms with Crippen LogP contribution in [0.25, 0.3) is 0 Å². The molecule has 1 aromatic carbocycles. The Morgan fingerprint density at radius 1 is 1.44 bits per heavy atom. The zero-order valence-electron chi connectivity index (χ0n) is 11.1. The van der Waals surface area contributed by atoms with Crippen LogP contribution in [0.15, 0.2) is 29.2 Å². The largest absolute Gasteiger partial charge is 0.299 e. The van der Waals surface area contributed by atoms with E-state index < -0.39 is 0 Å². The van der Waals surface area contributed by atoms with E-state index in [-0.39, 0.29) is 0 Å². The summed E-state index contributed by atoms with van der Waals surface area (Å²) in [6.07, 6.45) is 0.625. The quantitative estimate of drug-likeness (QED) is 0.810. The first-order valence-electron chi connectivity index (χ1n) is 6.55. The summed E-state index contributed by atoms with van der Waals surface area (Å²) in [6, 6.07) is 11.5. The number of nitriles is 1. The van der Waals surface area contributed by atoms with Crippen LogP contribution < -0.4 is 0 Å². The molecule has 18 heavy (non-hydrogen) atoms. The number of nitrogens with zero attached hydrogens (tertiary/aromatic N) is 2. The normalized spacial score (nSPS) is 18.1. The van der Waals surface area contributed by atoms with Gasteiger partial charge in [0.15, 0.2) is 0 Å². The van der Waals surface area contributed by atoms with Gasteiger partial charge in [-0.2, -0.15) is 5.26 Å². The van der Waals surface area contributed by atoms with Crippen LogP contribution in [0.4, 0.5) is 0 Å². The van der Waals surface area contributed by atoms with Gasteiger partial charge in [-0.05, 0) is 25.5 Å². The zero-order chi connectivity index (χ0) is 13.0. The van der Waals surface area contributed by atoms with Gasteiger partial charge in [0.25, 0.3) is 0 Å². The molecule has 1 aliphatic rings. The average Bonchev–Trinajstić information content (AvgIpc) is 2.77. The van der Waals surface area contributed by atoms with E-state index in [1.807, 2.05) is 11.8 Å². The topological polar surface area (TPSA) is 27.0 Å². The first kappa shape index (κ1) is 13.5. The van der Waals surface area contributed by atoms with Crippen molar-refractivity contribution in [1.82, 2.24) is 4.90 Å². The fraction of sp³-hybridized carbons (Fsp3) is 0.533. The lowest BCUT2D eigenvalue weighted by atomic mass is 10.00. The van der Waals surface area contributed by atoms with Crippen molar-refractivity contribution >= 4 is 11.8 Å². The van der Waals surface area contributed by atoms with Gasteiger partial charge >= 0.3 is 0 Å². The number of hydrogen-bond acceptors (Lipinski definition) is 3. The monoisotopic (exact) mass is 260 g/mol. The molecule has 1 unspecified atom stereocenters. The minimum atomic E-state index is 0.510. The molecule has 1 aliphatic heterocycles. The van der Waals surface area contributed by atoms with Crippen molar-refractivity contribution in [2.24, 2.45) is 0 Å².